The summed E-state index contributed by atoms with van der Waals surface area (Å²) in [6.45, 7) is 3.02. The molecule has 0 amide bonds. The van der Waals surface area contributed by atoms with E-state index < -0.39 is 30.4 Å². The minimum absolute atomic E-state index is 0.0383. The van der Waals surface area contributed by atoms with Gasteiger partial charge in [-0.1, -0.05) is 46.0 Å². The quantitative estimate of drug-likeness (QED) is 0.252. The number of aryl methyl sites for hydroxylation is 1. The van der Waals surface area contributed by atoms with Crippen molar-refractivity contribution in [1.82, 2.24) is 20.0 Å². The lowest BCUT2D eigenvalue weighted by Gasteiger charge is -2.28. The van der Waals surface area contributed by atoms with Gasteiger partial charge in [-0.05, 0) is 31.5 Å². The highest BCUT2D eigenvalue weighted by Gasteiger charge is 2.28. The molecule has 12 heteroatoms. The first-order chi connectivity index (χ1) is 14.8. The van der Waals surface area contributed by atoms with Gasteiger partial charge in [0.15, 0.2) is 0 Å². The number of aliphatic hydroxyl groups excluding tert-OH is 3. The molecule has 3 rings (SSSR count). The van der Waals surface area contributed by atoms with E-state index in [0.717, 1.165) is 21.8 Å². The Morgan fingerprint density at radius 2 is 2.16 bits per heavy atom. The molecule has 0 aliphatic heterocycles. The molecule has 4 atom stereocenters. The molecule has 2 heterocycles. The fourth-order valence-corrected chi connectivity index (χ4v) is 4.51. The molecule has 2 aromatic heterocycles. The van der Waals surface area contributed by atoms with Gasteiger partial charge < -0.3 is 25.0 Å². The minimum atomic E-state index is -1.06. The van der Waals surface area contributed by atoms with Crippen LogP contribution in [0.5, 0.6) is 0 Å². The second-order valence-corrected chi connectivity index (χ2v) is 9.37. The number of thiazole rings is 1. The minimum Gasteiger partial charge on any atom is -0.394 e. The summed E-state index contributed by atoms with van der Waals surface area (Å²) >= 11 is 8.45. The third kappa shape index (κ3) is 6.39. The van der Waals surface area contributed by atoms with E-state index in [1.807, 2.05) is 19.1 Å². The van der Waals surface area contributed by atoms with E-state index in [1.165, 1.54) is 23.4 Å². The van der Waals surface area contributed by atoms with Crippen LogP contribution in [0, 0.1) is 6.92 Å². The summed E-state index contributed by atoms with van der Waals surface area (Å²) in [4.78, 5) is 14.6. The number of benzene rings is 1. The van der Waals surface area contributed by atoms with Crippen LogP contribution in [0.15, 0.2) is 39.5 Å². The Morgan fingerprint density at radius 1 is 1.39 bits per heavy atom. The van der Waals surface area contributed by atoms with E-state index in [-0.39, 0.29) is 11.4 Å². The average molecular weight is 487 g/mol. The molecule has 1 aromatic carbocycles. The summed E-state index contributed by atoms with van der Waals surface area (Å²) < 4.78 is 7.26. The Kier molecular flexibility index (Phi) is 8.28. The van der Waals surface area contributed by atoms with Crippen LogP contribution in [-0.4, -0.2) is 65.7 Å². The first kappa shape index (κ1) is 23.9. The van der Waals surface area contributed by atoms with Crippen LogP contribution in [0.1, 0.15) is 12.5 Å². The lowest BCUT2D eigenvalue weighted by atomic mass is 10.2. The molecule has 0 saturated heterocycles. The predicted octanol–water partition coefficient (Wildman–Crippen LogP) is 1.89. The van der Waals surface area contributed by atoms with Crippen molar-refractivity contribution in [3.8, 4) is 11.4 Å². The van der Waals surface area contributed by atoms with Gasteiger partial charge in [-0.2, -0.15) is 0 Å². The third-order valence-corrected chi connectivity index (χ3v) is 6.71. The highest BCUT2D eigenvalue weighted by atomic mass is 35.5. The number of rotatable bonds is 10. The highest BCUT2D eigenvalue weighted by molar-refractivity contribution is 7.99. The molecular weight excluding hydrogens is 464 g/mol. The van der Waals surface area contributed by atoms with Gasteiger partial charge >= 0.3 is 4.87 Å². The number of nitrogens with zero attached hydrogens (tertiary/aromatic N) is 3. The molecule has 0 aliphatic carbocycles. The Bertz CT molecular complexity index is 1050. The third-order valence-electron chi connectivity index (χ3n) is 4.45. The summed E-state index contributed by atoms with van der Waals surface area (Å²) in [6.07, 6.45) is -1.27. The lowest BCUT2D eigenvalue weighted by molar-refractivity contribution is -0.0972. The number of hydrogen-bond donors (Lipinski definition) is 4. The van der Waals surface area contributed by atoms with E-state index in [9.17, 15) is 20.1 Å². The van der Waals surface area contributed by atoms with Gasteiger partial charge in [0.1, 0.15) is 23.3 Å². The zero-order valence-corrected chi connectivity index (χ0v) is 19.2. The van der Waals surface area contributed by atoms with Crippen LogP contribution in [0.3, 0.4) is 0 Å². The first-order valence-electron chi connectivity index (χ1n) is 9.40. The van der Waals surface area contributed by atoms with Gasteiger partial charge in [0.05, 0.1) is 31.1 Å². The molecule has 4 N–H and O–H groups in total. The number of nitrogens with one attached hydrogen (secondary N) is 1. The molecule has 2 unspecified atom stereocenters. The van der Waals surface area contributed by atoms with Gasteiger partial charge in [0.25, 0.3) is 0 Å². The summed E-state index contributed by atoms with van der Waals surface area (Å²) in [5, 5.41) is 40.5. The fraction of sp³-hybridized carbons (Fsp3) is 0.421. The standard InChI is InChI=1S/C19H23ClN4O5S2/c1-10-3-4-12(5-13(10)20)31-18(29-17(8-25)11(2)26)16(27)7-24-6-14(22-23-24)15-9-30-19(28)21-15/h3-6,9,11,16-18,25-27H,7-8H2,1-2H3,(H,21,28)/t11-,16+,17?,18?/m1/s1. The maximum absolute atomic E-state index is 11.3. The molecule has 0 aliphatic rings. The monoisotopic (exact) mass is 486 g/mol. The second-order valence-electron chi connectivity index (χ2n) is 6.95. The molecule has 0 bridgehead atoms. The van der Waals surface area contributed by atoms with E-state index in [2.05, 4.69) is 15.3 Å². The van der Waals surface area contributed by atoms with Crippen LogP contribution in [0.2, 0.25) is 5.02 Å². The van der Waals surface area contributed by atoms with Crippen molar-refractivity contribution in [3.05, 3.63) is 50.0 Å². The van der Waals surface area contributed by atoms with Crippen molar-refractivity contribution in [2.75, 3.05) is 6.61 Å². The van der Waals surface area contributed by atoms with Gasteiger partial charge in [-0.3, -0.25) is 4.79 Å². The Balaban J connectivity index is 1.77. The molecule has 168 valence electrons. The van der Waals surface area contributed by atoms with Gasteiger partial charge in [-0.25, -0.2) is 4.68 Å². The van der Waals surface area contributed by atoms with Crippen molar-refractivity contribution in [3.63, 3.8) is 0 Å². The molecule has 0 spiro atoms. The predicted molar refractivity (Wildman–Crippen MR) is 119 cm³/mol. The average Bonchev–Trinajstić information content (AvgIpc) is 3.36. The van der Waals surface area contributed by atoms with Crippen molar-refractivity contribution in [1.29, 1.82) is 0 Å². The summed E-state index contributed by atoms with van der Waals surface area (Å²) in [6, 6.07) is 5.48. The number of aromatic nitrogens is 4. The number of H-pyrrole nitrogens is 1. The number of halogens is 1. The van der Waals surface area contributed by atoms with Crippen molar-refractivity contribution < 1.29 is 20.1 Å². The summed E-state index contributed by atoms with van der Waals surface area (Å²) in [5.74, 6) is 0. The zero-order chi connectivity index (χ0) is 22.5. The number of ether oxygens (including phenoxy) is 1. The smallest absolute Gasteiger partial charge is 0.304 e. The Hall–Kier alpha value is -1.73. The van der Waals surface area contributed by atoms with Crippen LogP contribution in [-0.2, 0) is 11.3 Å². The van der Waals surface area contributed by atoms with E-state index in [0.29, 0.717) is 16.4 Å². The van der Waals surface area contributed by atoms with Crippen molar-refractivity contribution in [2.45, 2.75) is 49.0 Å². The molecular formula is C19H23ClN4O5S2. The molecule has 0 radical (unpaired) electrons. The number of thioether (sulfide) groups is 1. The van der Waals surface area contributed by atoms with Crippen molar-refractivity contribution in [2.24, 2.45) is 0 Å². The number of aromatic amines is 1. The largest absolute Gasteiger partial charge is 0.394 e. The van der Waals surface area contributed by atoms with E-state index in [4.69, 9.17) is 16.3 Å². The molecule has 0 fully saturated rings. The molecule has 3 aromatic rings. The number of aliphatic hydroxyl groups is 3. The van der Waals surface area contributed by atoms with Crippen LogP contribution < -0.4 is 4.87 Å². The normalized spacial score (nSPS) is 15.5. The Morgan fingerprint density at radius 3 is 2.77 bits per heavy atom. The van der Waals surface area contributed by atoms with E-state index in [1.54, 1.807) is 17.6 Å². The summed E-state index contributed by atoms with van der Waals surface area (Å²) in [5.41, 5.74) is 1.10. The lowest BCUT2D eigenvalue weighted by Crippen LogP contribution is -2.39. The van der Waals surface area contributed by atoms with E-state index >= 15 is 0 Å². The fourth-order valence-electron chi connectivity index (χ4n) is 2.65. The number of hydrogen-bond acceptors (Lipinski definition) is 9. The highest BCUT2D eigenvalue weighted by Crippen LogP contribution is 2.31. The SMILES string of the molecule is Cc1ccc(SC(OC(CO)[C@@H](C)O)[C@@H](O)Cn2cc(-c3csc(=O)[nH]3)nn2)cc1Cl. The van der Waals surface area contributed by atoms with Crippen LogP contribution in [0.25, 0.3) is 11.4 Å². The van der Waals surface area contributed by atoms with Crippen LogP contribution in [0.4, 0.5) is 0 Å². The zero-order valence-electron chi connectivity index (χ0n) is 16.8. The van der Waals surface area contributed by atoms with Gasteiger partial charge in [0, 0.05) is 15.3 Å². The molecule has 0 saturated carbocycles. The summed E-state index contributed by atoms with van der Waals surface area (Å²) in [7, 11) is 0. The van der Waals surface area contributed by atoms with Crippen molar-refractivity contribution >= 4 is 34.7 Å². The van der Waals surface area contributed by atoms with Gasteiger partial charge in [-0.15, -0.1) is 5.10 Å². The molecule has 31 heavy (non-hydrogen) atoms. The van der Waals surface area contributed by atoms with Gasteiger partial charge in [0.2, 0.25) is 0 Å². The maximum Gasteiger partial charge on any atom is 0.304 e. The second kappa shape index (κ2) is 10.7. The maximum atomic E-state index is 11.3. The first-order valence-corrected chi connectivity index (χ1v) is 11.5. The van der Waals surface area contributed by atoms with Crippen LogP contribution >= 0.6 is 34.7 Å². The molecule has 9 nitrogen and oxygen atoms in total. The Labute approximate surface area is 191 Å². The topological polar surface area (TPSA) is 133 Å².